The molecule has 1 aliphatic carbocycles. The minimum absolute atomic E-state index is 0.335. The number of aliphatic hydroxyl groups excluding tert-OH is 1. The van der Waals surface area contributed by atoms with Crippen LogP contribution in [0.3, 0.4) is 0 Å². The van der Waals surface area contributed by atoms with E-state index < -0.39 is 12.0 Å². The average Bonchev–Trinajstić information content (AvgIpc) is 3.38. The molecule has 0 radical (unpaired) electrons. The van der Waals surface area contributed by atoms with Gasteiger partial charge in [-0.3, -0.25) is 10.4 Å². The van der Waals surface area contributed by atoms with E-state index in [4.69, 9.17) is 0 Å². The third-order valence-electron chi connectivity index (χ3n) is 5.84. The van der Waals surface area contributed by atoms with Crippen molar-refractivity contribution in [2.24, 2.45) is 5.92 Å². The SMILES string of the molecule is CCc1cc(O)c(F)cc1-c1ccc2c(-c3nc(CNC(O)C4CC4)c[nH]3)n[nH]c2c1. The van der Waals surface area contributed by atoms with Gasteiger partial charge in [0.25, 0.3) is 0 Å². The Morgan fingerprint density at radius 2 is 2.10 bits per heavy atom. The number of H-pyrrole nitrogens is 2. The van der Waals surface area contributed by atoms with Gasteiger partial charge < -0.3 is 15.2 Å². The van der Waals surface area contributed by atoms with Gasteiger partial charge in [-0.25, -0.2) is 9.37 Å². The molecule has 160 valence electrons. The number of aromatic hydroxyl groups is 1. The molecule has 1 saturated carbocycles. The Morgan fingerprint density at radius 3 is 2.87 bits per heavy atom. The summed E-state index contributed by atoms with van der Waals surface area (Å²) >= 11 is 0. The number of phenolic OH excluding ortho intramolecular Hbond substituents is 1. The van der Waals surface area contributed by atoms with Gasteiger partial charge in [0.2, 0.25) is 0 Å². The molecule has 1 unspecified atom stereocenters. The van der Waals surface area contributed by atoms with E-state index in [0.717, 1.165) is 46.1 Å². The fourth-order valence-corrected chi connectivity index (χ4v) is 3.89. The molecular weight excluding hydrogens is 397 g/mol. The maximum atomic E-state index is 14.0. The summed E-state index contributed by atoms with van der Waals surface area (Å²) in [6.45, 7) is 2.45. The number of rotatable bonds is 7. The third kappa shape index (κ3) is 3.80. The molecule has 1 aliphatic rings. The quantitative estimate of drug-likeness (QED) is 0.291. The van der Waals surface area contributed by atoms with Crippen molar-refractivity contribution >= 4 is 10.9 Å². The zero-order valence-corrected chi connectivity index (χ0v) is 17.1. The van der Waals surface area contributed by atoms with E-state index in [1.165, 1.54) is 12.1 Å². The number of aliphatic hydroxyl groups is 1. The smallest absolute Gasteiger partial charge is 0.165 e. The van der Waals surface area contributed by atoms with Gasteiger partial charge in [0, 0.05) is 18.1 Å². The van der Waals surface area contributed by atoms with Gasteiger partial charge in [0.1, 0.15) is 11.9 Å². The first-order chi connectivity index (χ1) is 15.0. The molecule has 0 saturated heterocycles. The van der Waals surface area contributed by atoms with Gasteiger partial charge in [-0.15, -0.1) is 0 Å². The Hall–Kier alpha value is -3.23. The van der Waals surface area contributed by atoms with Crippen LogP contribution in [0.5, 0.6) is 5.75 Å². The van der Waals surface area contributed by atoms with Crippen LogP contribution in [0.15, 0.2) is 36.5 Å². The molecule has 0 spiro atoms. The number of benzene rings is 2. The molecular formula is C23H24FN5O2. The fourth-order valence-electron chi connectivity index (χ4n) is 3.89. The first-order valence-corrected chi connectivity index (χ1v) is 10.5. The summed E-state index contributed by atoms with van der Waals surface area (Å²) in [7, 11) is 0. The Bertz CT molecular complexity index is 1240. The highest BCUT2D eigenvalue weighted by atomic mass is 19.1. The van der Waals surface area contributed by atoms with Crippen molar-refractivity contribution in [3.05, 3.63) is 53.6 Å². The number of fused-ring (bicyclic) bond motifs is 1. The van der Waals surface area contributed by atoms with Crippen LogP contribution in [-0.2, 0) is 13.0 Å². The number of nitrogens with zero attached hydrogens (tertiary/aromatic N) is 2. The molecule has 7 nitrogen and oxygen atoms in total. The molecule has 2 aromatic carbocycles. The number of phenols is 1. The maximum absolute atomic E-state index is 14.0. The van der Waals surface area contributed by atoms with Crippen LogP contribution in [0.2, 0.25) is 0 Å². The fraction of sp³-hybridized carbons (Fsp3) is 0.304. The van der Waals surface area contributed by atoms with Gasteiger partial charge >= 0.3 is 0 Å². The van der Waals surface area contributed by atoms with Crippen molar-refractivity contribution in [1.29, 1.82) is 0 Å². The minimum Gasteiger partial charge on any atom is -0.505 e. The van der Waals surface area contributed by atoms with Crippen LogP contribution in [0.1, 0.15) is 31.0 Å². The van der Waals surface area contributed by atoms with E-state index >= 15 is 0 Å². The molecule has 8 heteroatoms. The lowest BCUT2D eigenvalue weighted by atomic mass is 9.96. The van der Waals surface area contributed by atoms with Crippen LogP contribution in [-0.4, -0.2) is 36.6 Å². The second-order valence-electron chi connectivity index (χ2n) is 8.05. The summed E-state index contributed by atoms with van der Waals surface area (Å²) in [5.41, 5.74) is 4.77. The van der Waals surface area contributed by atoms with Gasteiger partial charge in [0.05, 0.1) is 11.2 Å². The summed E-state index contributed by atoms with van der Waals surface area (Å²) in [4.78, 5) is 7.75. The zero-order chi connectivity index (χ0) is 21.5. The summed E-state index contributed by atoms with van der Waals surface area (Å²) in [5.74, 6) is 0.0270. The maximum Gasteiger partial charge on any atom is 0.165 e. The summed E-state index contributed by atoms with van der Waals surface area (Å²) < 4.78 is 14.0. The molecule has 4 aromatic rings. The molecule has 1 fully saturated rings. The lowest BCUT2D eigenvalue weighted by molar-refractivity contribution is 0.112. The van der Waals surface area contributed by atoms with Gasteiger partial charge in [-0.05, 0) is 66.1 Å². The van der Waals surface area contributed by atoms with E-state index in [9.17, 15) is 14.6 Å². The predicted octanol–water partition coefficient (Wildman–Crippen LogP) is 3.85. The molecule has 5 N–H and O–H groups in total. The van der Waals surface area contributed by atoms with Crippen LogP contribution in [0, 0.1) is 11.7 Å². The standard InChI is InChI=1S/C23H24FN5O2/c1-2-12-8-20(30)18(24)9-17(12)14-5-6-16-19(7-14)28-29-21(16)22-25-10-15(27-22)11-26-23(31)13-3-4-13/h5-10,13,23,26,30-31H,2-4,11H2,1H3,(H,25,27)(H,28,29). The Morgan fingerprint density at radius 1 is 1.26 bits per heavy atom. The van der Waals surface area contributed by atoms with Crippen LogP contribution in [0.25, 0.3) is 33.5 Å². The van der Waals surface area contributed by atoms with Crippen molar-refractivity contribution < 1.29 is 14.6 Å². The second-order valence-corrected chi connectivity index (χ2v) is 8.05. The molecule has 31 heavy (non-hydrogen) atoms. The van der Waals surface area contributed by atoms with Crippen LogP contribution >= 0.6 is 0 Å². The lowest BCUT2D eigenvalue weighted by Crippen LogP contribution is -2.30. The van der Waals surface area contributed by atoms with Crippen molar-refractivity contribution in [3.63, 3.8) is 0 Å². The Kier molecular flexibility index (Phi) is 4.95. The highest BCUT2D eigenvalue weighted by Crippen LogP contribution is 2.34. The van der Waals surface area contributed by atoms with E-state index in [1.807, 2.05) is 31.3 Å². The second kappa shape index (κ2) is 7.79. The first kappa shape index (κ1) is 19.7. The highest BCUT2D eigenvalue weighted by molar-refractivity contribution is 5.94. The number of halogens is 1. The van der Waals surface area contributed by atoms with Crippen molar-refractivity contribution in [1.82, 2.24) is 25.5 Å². The molecule has 0 bridgehead atoms. The molecule has 5 rings (SSSR count). The number of aromatic amines is 2. The van der Waals surface area contributed by atoms with Crippen molar-refractivity contribution in [3.8, 4) is 28.4 Å². The number of aryl methyl sites for hydroxylation is 1. The normalized spacial score (nSPS) is 14.9. The monoisotopic (exact) mass is 421 g/mol. The number of nitrogens with one attached hydrogen (secondary N) is 3. The highest BCUT2D eigenvalue weighted by Gasteiger charge is 2.29. The number of imidazole rings is 1. The molecule has 0 aliphatic heterocycles. The minimum atomic E-state index is -0.638. The van der Waals surface area contributed by atoms with Gasteiger partial charge in [-0.1, -0.05) is 13.0 Å². The molecule has 0 amide bonds. The van der Waals surface area contributed by atoms with Crippen LogP contribution in [0.4, 0.5) is 4.39 Å². The Labute approximate surface area is 178 Å². The number of hydrogen-bond acceptors (Lipinski definition) is 5. The van der Waals surface area contributed by atoms with Crippen molar-refractivity contribution in [2.45, 2.75) is 39.0 Å². The topological polar surface area (TPSA) is 110 Å². The summed E-state index contributed by atoms with van der Waals surface area (Å²) in [5, 5.41) is 31.1. The Balaban J connectivity index is 1.42. The predicted molar refractivity (Wildman–Crippen MR) is 116 cm³/mol. The summed E-state index contributed by atoms with van der Waals surface area (Å²) in [6.07, 6.45) is 4.13. The third-order valence-corrected chi connectivity index (χ3v) is 5.84. The van der Waals surface area contributed by atoms with E-state index in [2.05, 4.69) is 25.5 Å². The largest absolute Gasteiger partial charge is 0.505 e. The molecule has 1 atom stereocenters. The average molecular weight is 421 g/mol. The van der Waals surface area contributed by atoms with E-state index in [0.29, 0.717) is 30.4 Å². The van der Waals surface area contributed by atoms with Gasteiger partial charge in [-0.2, -0.15) is 5.10 Å². The van der Waals surface area contributed by atoms with Crippen LogP contribution < -0.4 is 5.32 Å². The van der Waals surface area contributed by atoms with Crippen molar-refractivity contribution in [2.75, 3.05) is 0 Å². The van der Waals surface area contributed by atoms with E-state index in [-0.39, 0.29) is 5.75 Å². The number of hydrogen-bond donors (Lipinski definition) is 5. The first-order valence-electron chi connectivity index (χ1n) is 10.5. The number of aromatic nitrogens is 4. The van der Waals surface area contributed by atoms with Gasteiger partial charge in [0.15, 0.2) is 17.4 Å². The van der Waals surface area contributed by atoms with E-state index in [1.54, 1.807) is 0 Å². The molecule has 2 heterocycles. The zero-order valence-electron chi connectivity index (χ0n) is 17.1. The summed E-state index contributed by atoms with van der Waals surface area (Å²) in [6, 6.07) is 8.63. The lowest BCUT2D eigenvalue weighted by Gasteiger charge is -2.10. The molecule has 2 aromatic heterocycles.